The SMILES string of the molecule is CNCC1CN(c2ncccc2C#N)CCO1. The Morgan fingerprint density at radius 1 is 1.71 bits per heavy atom. The van der Waals surface area contributed by atoms with E-state index < -0.39 is 0 Å². The Labute approximate surface area is 101 Å². The average molecular weight is 232 g/mol. The molecule has 1 aromatic rings. The number of nitrogens with zero attached hydrogens (tertiary/aromatic N) is 3. The molecular weight excluding hydrogens is 216 g/mol. The van der Waals surface area contributed by atoms with E-state index in [0.717, 1.165) is 25.5 Å². The predicted molar refractivity (Wildman–Crippen MR) is 64.8 cm³/mol. The van der Waals surface area contributed by atoms with Gasteiger partial charge in [0.05, 0.1) is 18.3 Å². The van der Waals surface area contributed by atoms with Crippen molar-refractivity contribution in [3.63, 3.8) is 0 Å². The van der Waals surface area contributed by atoms with Crippen molar-refractivity contribution in [3.8, 4) is 6.07 Å². The van der Waals surface area contributed by atoms with Crippen LogP contribution in [0.3, 0.4) is 0 Å². The van der Waals surface area contributed by atoms with Crippen LogP contribution in [-0.4, -0.2) is 44.4 Å². The maximum Gasteiger partial charge on any atom is 0.146 e. The van der Waals surface area contributed by atoms with E-state index in [2.05, 4.69) is 21.3 Å². The highest BCUT2D eigenvalue weighted by atomic mass is 16.5. The van der Waals surface area contributed by atoms with Gasteiger partial charge in [0.1, 0.15) is 11.9 Å². The Morgan fingerprint density at radius 2 is 2.59 bits per heavy atom. The Balaban J connectivity index is 2.14. The molecule has 0 amide bonds. The van der Waals surface area contributed by atoms with Crippen LogP contribution in [0.2, 0.25) is 0 Å². The van der Waals surface area contributed by atoms with Crippen LogP contribution in [-0.2, 0) is 4.74 Å². The molecule has 1 unspecified atom stereocenters. The molecule has 1 saturated heterocycles. The summed E-state index contributed by atoms with van der Waals surface area (Å²) in [4.78, 5) is 6.41. The number of nitrogens with one attached hydrogen (secondary N) is 1. The van der Waals surface area contributed by atoms with E-state index >= 15 is 0 Å². The minimum Gasteiger partial charge on any atom is -0.373 e. The Bertz CT molecular complexity index is 413. The highest BCUT2D eigenvalue weighted by molar-refractivity contribution is 5.53. The van der Waals surface area contributed by atoms with E-state index in [0.29, 0.717) is 12.2 Å². The molecule has 0 aliphatic carbocycles. The fourth-order valence-corrected chi connectivity index (χ4v) is 2.00. The molecule has 0 aromatic carbocycles. The van der Waals surface area contributed by atoms with Gasteiger partial charge < -0.3 is 15.0 Å². The van der Waals surface area contributed by atoms with Crippen LogP contribution in [0.5, 0.6) is 0 Å². The molecule has 2 rings (SSSR count). The maximum absolute atomic E-state index is 9.06. The van der Waals surface area contributed by atoms with Crippen LogP contribution in [0.15, 0.2) is 18.3 Å². The quantitative estimate of drug-likeness (QED) is 0.816. The van der Waals surface area contributed by atoms with Crippen molar-refractivity contribution < 1.29 is 4.74 Å². The number of hydrogen-bond donors (Lipinski definition) is 1. The number of hydrogen-bond acceptors (Lipinski definition) is 5. The van der Waals surface area contributed by atoms with Crippen molar-refractivity contribution in [2.75, 3.05) is 38.2 Å². The van der Waals surface area contributed by atoms with Crippen molar-refractivity contribution >= 4 is 5.82 Å². The van der Waals surface area contributed by atoms with Crippen molar-refractivity contribution in [1.82, 2.24) is 10.3 Å². The van der Waals surface area contributed by atoms with Crippen molar-refractivity contribution in [2.45, 2.75) is 6.10 Å². The first kappa shape index (κ1) is 11.8. The molecule has 1 aliphatic heterocycles. The maximum atomic E-state index is 9.06. The van der Waals surface area contributed by atoms with Gasteiger partial charge in [-0.2, -0.15) is 5.26 Å². The number of likely N-dealkylation sites (N-methyl/N-ethyl adjacent to an activating group) is 1. The van der Waals surface area contributed by atoms with E-state index in [4.69, 9.17) is 10.00 Å². The van der Waals surface area contributed by atoms with E-state index in [1.54, 1.807) is 18.3 Å². The van der Waals surface area contributed by atoms with Gasteiger partial charge in [0.2, 0.25) is 0 Å². The Morgan fingerprint density at radius 3 is 3.35 bits per heavy atom. The largest absolute Gasteiger partial charge is 0.373 e. The van der Waals surface area contributed by atoms with Gasteiger partial charge >= 0.3 is 0 Å². The lowest BCUT2D eigenvalue weighted by Crippen LogP contribution is -2.46. The average Bonchev–Trinajstić information content (AvgIpc) is 2.39. The number of morpholine rings is 1. The van der Waals surface area contributed by atoms with Gasteiger partial charge in [-0.15, -0.1) is 0 Å². The zero-order valence-electron chi connectivity index (χ0n) is 9.89. The number of aromatic nitrogens is 1. The molecule has 1 N–H and O–H groups in total. The smallest absolute Gasteiger partial charge is 0.146 e. The highest BCUT2D eigenvalue weighted by Crippen LogP contribution is 2.18. The summed E-state index contributed by atoms with van der Waals surface area (Å²) in [5, 5.41) is 12.2. The third kappa shape index (κ3) is 2.73. The van der Waals surface area contributed by atoms with Crippen molar-refractivity contribution in [2.24, 2.45) is 0 Å². The Hall–Kier alpha value is -1.64. The third-order valence-electron chi connectivity index (χ3n) is 2.78. The standard InChI is InChI=1S/C12H16N4O/c1-14-8-11-9-16(5-6-17-11)12-10(7-13)3-2-4-15-12/h2-4,11,14H,5-6,8-9H2,1H3. The minimum absolute atomic E-state index is 0.155. The molecule has 0 saturated carbocycles. The van der Waals surface area contributed by atoms with Gasteiger partial charge in [0.15, 0.2) is 0 Å². The number of anilines is 1. The second kappa shape index (κ2) is 5.62. The molecule has 2 heterocycles. The second-order valence-corrected chi connectivity index (χ2v) is 3.98. The zero-order chi connectivity index (χ0) is 12.1. The van der Waals surface area contributed by atoms with Crippen LogP contribution in [0.25, 0.3) is 0 Å². The van der Waals surface area contributed by atoms with Crippen LogP contribution in [0, 0.1) is 11.3 Å². The normalized spacial score (nSPS) is 20.0. The predicted octanol–water partition coefficient (Wildman–Crippen LogP) is 0.378. The fourth-order valence-electron chi connectivity index (χ4n) is 2.00. The monoisotopic (exact) mass is 232 g/mol. The first-order valence-corrected chi connectivity index (χ1v) is 5.71. The van der Waals surface area contributed by atoms with Gasteiger partial charge in [-0.1, -0.05) is 0 Å². The molecule has 5 heteroatoms. The summed E-state index contributed by atoms with van der Waals surface area (Å²) in [6.45, 7) is 3.04. The lowest BCUT2D eigenvalue weighted by molar-refractivity contribution is 0.0419. The molecule has 1 aliphatic rings. The van der Waals surface area contributed by atoms with E-state index in [9.17, 15) is 0 Å². The van der Waals surface area contributed by atoms with Gasteiger partial charge in [0.25, 0.3) is 0 Å². The zero-order valence-corrected chi connectivity index (χ0v) is 9.89. The molecule has 0 spiro atoms. The molecule has 0 bridgehead atoms. The second-order valence-electron chi connectivity index (χ2n) is 3.98. The first-order chi connectivity index (χ1) is 8.35. The third-order valence-corrected chi connectivity index (χ3v) is 2.78. The number of rotatable bonds is 3. The van der Waals surface area contributed by atoms with Gasteiger partial charge in [-0.25, -0.2) is 4.98 Å². The molecule has 5 nitrogen and oxygen atoms in total. The van der Waals surface area contributed by atoms with Gasteiger partial charge in [-0.3, -0.25) is 0 Å². The first-order valence-electron chi connectivity index (χ1n) is 5.71. The summed E-state index contributed by atoms with van der Waals surface area (Å²) in [5.74, 6) is 0.763. The van der Waals surface area contributed by atoms with Gasteiger partial charge in [0, 0.05) is 25.8 Å². The van der Waals surface area contributed by atoms with Crippen molar-refractivity contribution in [3.05, 3.63) is 23.9 Å². The molecule has 1 fully saturated rings. The molecule has 0 radical (unpaired) electrons. The van der Waals surface area contributed by atoms with E-state index in [1.807, 2.05) is 7.05 Å². The molecule has 90 valence electrons. The summed E-state index contributed by atoms with van der Waals surface area (Å²) in [7, 11) is 1.91. The van der Waals surface area contributed by atoms with Crippen LogP contribution < -0.4 is 10.2 Å². The molecule has 1 aromatic heterocycles. The van der Waals surface area contributed by atoms with Crippen LogP contribution in [0.1, 0.15) is 5.56 Å². The summed E-state index contributed by atoms with van der Waals surface area (Å²) in [6.07, 6.45) is 1.88. The van der Waals surface area contributed by atoms with E-state index in [1.165, 1.54) is 0 Å². The minimum atomic E-state index is 0.155. The summed E-state index contributed by atoms with van der Waals surface area (Å²) in [6, 6.07) is 5.76. The molecule has 17 heavy (non-hydrogen) atoms. The Kier molecular flexibility index (Phi) is 3.91. The van der Waals surface area contributed by atoms with E-state index in [-0.39, 0.29) is 6.10 Å². The van der Waals surface area contributed by atoms with Crippen LogP contribution >= 0.6 is 0 Å². The lowest BCUT2D eigenvalue weighted by Gasteiger charge is -2.34. The van der Waals surface area contributed by atoms with Crippen LogP contribution in [0.4, 0.5) is 5.82 Å². The number of pyridine rings is 1. The summed E-state index contributed by atoms with van der Waals surface area (Å²) >= 11 is 0. The number of ether oxygens (including phenoxy) is 1. The summed E-state index contributed by atoms with van der Waals surface area (Å²) < 4.78 is 5.63. The van der Waals surface area contributed by atoms with Crippen molar-refractivity contribution in [1.29, 1.82) is 5.26 Å². The lowest BCUT2D eigenvalue weighted by atomic mass is 10.2. The number of nitriles is 1. The topological polar surface area (TPSA) is 61.2 Å². The fraction of sp³-hybridized carbons (Fsp3) is 0.500. The molecular formula is C12H16N4O. The molecule has 1 atom stereocenters. The summed E-state index contributed by atoms with van der Waals surface area (Å²) in [5.41, 5.74) is 0.623. The highest BCUT2D eigenvalue weighted by Gasteiger charge is 2.22. The van der Waals surface area contributed by atoms with Gasteiger partial charge in [-0.05, 0) is 19.2 Å².